The fourth-order valence-corrected chi connectivity index (χ4v) is 3.17. The summed E-state index contributed by atoms with van der Waals surface area (Å²) in [6.45, 7) is 0.798. The Morgan fingerprint density at radius 2 is 2.24 bits per heavy atom. The third-order valence-electron chi connectivity index (χ3n) is 4.71. The Kier molecular flexibility index (Phi) is 7.54. The summed E-state index contributed by atoms with van der Waals surface area (Å²) in [4.78, 5) is 40.5. The predicted octanol–water partition coefficient (Wildman–Crippen LogP) is 0.861. The highest BCUT2D eigenvalue weighted by atomic mass is 16.7. The summed E-state index contributed by atoms with van der Waals surface area (Å²) in [6.07, 6.45) is 9.97. The van der Waals surface area contributed by atoms with Gasteiger partial charge in [0, 0.05) is 44.2 Å². The number of hydrogen-bond acceptors (Lipinski definition) is 7. The zero-order valence-electron chi connectivity index (χ0n) is 16.0. The molecule has 10 heteroatoms. The van der Waals surface area contributed by atoms with E-state index in [1.807, 2.05) is 0 Å². The Bertz CT molecular complexity index is 770. The van der Waals surface area contributed by atoms with Gasteiger partial charge < -0.3 is 20.7 Å². The quantitative estimate of drug-likeness (QED) is 0.349. The summed E-state index contributed by atoms with van der Waals surface area (Å²) in [6, 6.07) is 1.94. The van der Waals surface area contributed by atoms with Gasteiger partial charge in [-0.25, -0.2) is 9.78 Å². The number of carboxylic acid groups (broad SMARTS) is 1. The number of hydrogen-bond donors (Lipinski definition) is 5. The minimum atomic E-state index is -1.08. The number of carbonyl (C=O) groups is 2. The van der Waals surface area contributed by atoms with Crippen LogP contribution in [0.3, 0.4) is 0 Å². The van der Waals surface area contributed by atoms with Crippen molar-refractivity contribution in [2.24, 2.45) is 0 Å². The van der Waals surface area contributed by atoms with Crippen molar-refractivity contribution in [3.05, 3.63) is 42.5 Å². The van der Waals surface area contributed by atoms with E-state index in [0.29, 0.717) is 6.42 Å². The van der Waals surface area contributed by atoms with Crippen molar-refractivity contribution in [3.63, 3.8) is 0 Å². The standard InChI is InChI=1S/C19H26N6O4/c26-17(24-16(18(27)28)10-13-4-3-6-20-12-13)15-11-14(29-25-15)5-1-2-7-21-19-22-8-9-23-19/h3-4,6,8-9,12,14-16,25H,1-2,5,7,10-11H2,(H,24,26)(H,27,28)(H2,21,22,23). The van der Waals surface area contributed by atoms with Gasteiger partial charge in [-0.3, -0.25) is 14.6 Å². The van der Waals surface area contributed by atoms with Crippen LogP contribution < -0.4 is 16.1 Å². The van der Waals surface area contributed by atoms with Gasteiger partial charge in [0.2, 0.25) is 5.91 Å². The first-order valence-electron chi connectivity index (χ1n) is 9.68. The third kappa shape index (κ3) is 6.54. The predicted molar refractivity (Wildman–Crippen MR) is 105 cm³/mol. The number of nitrogens with zero attached hydrogens (tertiary/aromatic N) is 2. The van der Waals surface area contributed by atoms with Crippen LogP contribution in [0.4, 0.5) is 5.95 Å². The summed E-state index contributed by atoms with van der Waals surface area (Å²) in [5, 5.41) is 15.2. The fraction of sp³-hybridized carbons (Fsp3) is 0.474. The lowest BCUT2D eigenvalue weighted by Gasteiger charge is -2.16. The number of anilines is 1. The first-order chi connectivity index (χ1) is 14.1. The second kappa shape index (κ2) is 10.5. The lowest BCUT2D eigenvalue weighted by atomic mass is 10.0. The smallest absolute Gasteiger partial charge is 0.326 e. The summed E-state index contributed by atoms with van der Waals surface area (Å²) < 4.78 is 0. The lowest BCUT2D eigenvalue weighted by Crippen LogP contribution is -2.49. The van der Waals surface area contributed by atoms with Gasteiger partial charge in [-0.1, -0.05) is 6.07 Å². The number of rotatable bonds is 11. The van der Waals surface area contributed by atoms with Crippen LogP contribution in [0.25, 0.3) is 0 Å². The molecule has 0 radical (unpaired) electrons. The van der Waals surface area contributed by atoms with E-state index in [9.17, 15) is 14.7 Å². The van der Waals surface area contributed by atoms with Crippen LogP contribution in [0.1, 0.15) is 31.2 Å². The van der Waals surface area contributed by atoms with Crippen molar-refractivity contribution in [2.45, 2.75) is 50.3 Å². The van der Waals surface area contributed by atoms with E-state index >= 15 is 0 Å². The molecule has 10 nitrogen and oxygen atoms in total. The largest absolute Gasteiger partial charge is 0.480 e. The number of aromatic nitrogens is 3. The maximum atomic E-state index is 12.5. The number of amides is 1. The van der Waals surface area contributed by atoms with E-state index in [4.69, 9.17) is 4.84 Å². The molecule has 3 rings (SSSR count). The molecule has 5 N–H and O–H groups in total. The van der Waals surface area contributed by atoms with E-state index in [2.05, 4.69) is 31.1 Å². The summed E-state index contributed by atoms with van der Waals surface area (Å²) in [5.41, 5.74) is 3.48. The fourth-order valence-electron chi connectivity index (χ4n) is 3.17. The topological polar surface area (TPSA) is 141 Å². The van der Waals surface area contributed by atoms with Gasteiger partial charge in [-0.05, 0) is 30.9 Å². The Balaban J connectivity index is 1.36. The first-order valence-corrected chi connectivity index (χ1v) is 9.68. The molecule has 1 saturated heterocycles. The minimum absolute atomic E-state index is 0.0732. The normalized spacial score (nSPS) is 19.6. The lowest BCUT2D eigenvalue weighted by molar-refractivity contribution is -0.142. The number of H-pyrrole nitrogens is 1. The zero-order valence-corrected chi connectivity index (χ0v) is 16.0. The number of imidazole rings is 1. The van der Waals surface area contributed by atoms with E-state index < -0.39 is 18.1 Å². The number of pyridine rings is 1. The molecule has 1 aliphatic heterocycles. The number of carboxylic acids is 1. The Morgan fingerprint density at radius 3 is 2.97 bits per heavy atom. The maximum Gasteiger partial charge on any atom is 0.326 e. The van der Waals surface area contributed by atoms with Crippen molar-refractivity contribution in [1.29, 1.82) is 0 Å². The number of carbonyl (C=O) groups excluding carboxylic acids is 1. The zero-order chi connectivity index (χ0) is 20.5. The van der Waals surface area contributed by atoms with E-state index in [1.165, 1.54) is 0 Å². The number of unbranched alkanes of at least 4 members (excludes halogenated alkanes) is 1. The molecule has 3 atom stereocenters. The molecule has 2 aromatic heterocycles. The van der Waals surface area contributed by atoms with E-state index in [1.54, 1.807) is 36.9 Å². The average Bonchev–Trinajstić information content (AvgIpc) is 3.40. The molecule has 1 fully saturated rings. The Labute approximate surface area is 168 Å². The molecule has 3 heterocycles. The van der Waals surface area contributed by atoms with Crippen LogP contribution in [0, 0.1) is 0 Å². The van der Waals surface area contributed by atoms with Crippen LogP contribution in [0.15, 0.2) is 36.9 Å². The molecule has 156 valence electrons. The Hall–Kier alpha value is -2.98. The monoisotopic (exact) mass is 402 g/mol. The molecular weight excluding hydrogens is 376 g/mol. The van der Waals surface area contributed by atoms with Gasteiger partial charge in [-0.2, -0.15) is 5.48 Å². The van der Waals surface area contributed by atoms with Crippen LogP contribution >= 0.6 is 0 Å². The van der Waals surface area contributed by atoms with Gasteiger partial charge in [0.1, 0.15) is 12.1 Å². The number of nitrogens with one attached hydrogen (secondary N) is 4. The molecule has 29 heavy (non-hydrogen) atoms. The van der Waals surface area contributed by atoms with Crippen molar-refractivity contribution in [3.8, 4) is 0 Å². The van der Waals surface area contributed by atoms with Crippen molar-refractivity contribution < 1.29 is 19.5 Å². The van der Waals surface area contributed by atoms with Crippen LogP contribution in [-0.2, 0) is 20.8 Å². The second-order valence-corrected chi connectivity index (χ2v) is 6.97. The molecule has 2 aromatic rings. The van der Waals surface area contributed by atoms with Gasteiger partial charge in [0.15, 0.2) is 5.95 Å². The van der Waals surface area contributed by atoms with Crippen molar-refractivity contribution >= 4 is 17.8 Å². The highest BCUT2D eigenvalue weighted by Gasteiger charge is 2.32. The molecule has 3 unspecified atom stereocenters. The van der Waals surface area contributed by atoms with E-state index in [0.717, 1.165) is 37.3 Å². The average molecular weight is 402 g/mol. The molecule has 0 saturated carbocycles. The highest BCUT2D eigenvalue weighted by molar-refractivity contribution is 5.87. The summed E-state index contributed by atoms with van der Waals surface area (Å²) in [7, 11) is 0. The molecule has 0 bridgehead atoms. The van der Waals surface area contributed by atoms with Gasteiger partial charge in [-0.15, -0.1) is 0 Å². The van der Waals surface area contributed by atoms with Crippen LogP contribution in [0.2, 0.25) is 0 Å². The number of aliphatic carboxylic acids is 1. The van der Waals surface area contributed by atoms with Crippen molar-refractivity contribution in [1.82, 2.24) is 25.7 Å². The molecule has 1 aliphatic rings. The summed E-state index contributed by atoms with van der Waals surface area (Å²) >= 11 is 0. The second-order valence-electron chi connectivity index (χ2n) is 6.97. The molecule has 0 aromatic carbocycles. The van der Waals surface area contributed by atoms with Gasteiger partial charge in [0.05, 0.1) is 6.10 Å². The SMILES string of the molecule is O=C(O)C(Cc1cccnc1)NC(=O)C1CC(CCCCNc2ncc[nH]2)ON1. The minimum Gasteiger partial charge on any atom is -0.480 e. The maximum absolute atomic E-state index is 12.5. The molecule has 0 spiro atoms. The molecule has 0 aliphatic carbocycles. The van der Waals surface area contributed by atoms with Crippen LogP contribution in [0.5, 0.6) is 0 Å². The number of hydroxylamine groups is 1. The first kappa shape index (κ1) is 20.7. The van der Waals surface area contributed by atoms with Gasteiger partial charge >= 0.3 is 5.97 Å². The van der Waals surface area contributed by atoms with Crippen molar-refractivity contribution in [2.75, 3.05) is 11.9 Å². The van der Waals surface area contributed by atoms with E-state index in [-0.39, 0.29) is 18.4 Å². The summed E-state index contributed by atoms with van der Waals surface area (Å²) in [5.74, 6) is -0.704. The Morgan fingerprint density at radius 1 is 1.34 bits per heavy atom. The number of aromatic amines is 1. The highest BCUT2D eigenvalue weighted by Crippen LogP contribution is 2.17. The van der Waals surface area contributed by atoms with Gasteiger partial charge in [0.25, 0.3) is 0 Å². The van der Waals surface area contributed by atoms with Crippen LogP contribution in [-0.4, -0.2) is 56.7 Å². The molecular formula is C19H26N6O4. The molecule has 1 amide bonds. The third-order valence-corrected chi connectivity index (χ3v) is 4.71.